The van der Waals surface area contributed by atoms with Crippen LogP contribution >= 0.6 is 28.3 Å². The largest absolute Gasteiger partial charge is 0.497 e. The van der Waals surface area contributed by atoms with E-state index in [1.54, 1.807) is 14.0 Å². The predicted molar refractivity (Wildman–Crippen MR) is 139 cm³/mol. The van der Waals surface area contributed by atoms with Crippen molar-refractivity contribution in [1.29, 1.82) is 0 Å². The summed E-state index contributed by atoms with van der Waals surface area (Å²) in [6, 6.07) is 6.80. The van der Waals surface area contributed by atoms with Crippen LogP contribution in [0.2, 0.25) is 0 Å². The minimum absolute atomic E-state index is 0. The highest BCUT2D eigenvalue weighted by molar-refractivity contribution is 9.10. The fourth-order valence-corrected chi connectivity index (χ4v) is 6.05. The Balaban J connectivity index is 0.00000363. The molecule has 182 valence electrons. The van der Waals surface area contributed by atoms with Gasteiger partial charge in [0.15, 0.2) is 0 Å². The molecule has 2 aliphatic rings. The average Bonchev–Trinajstić information content (AvgIpc) is 2.78. The summed E-state index contributed by atoms with van der Waals surface area (Å²) in [6.07, 6.45) is 11.4. The number of hydrogen-bond donors (Lipinski definition) is 0. The number of nitrogens with zero attached hydrogens (tertiary/aromatic N) is 2. The molecule has 6 heteroatoms. The molecule has 0 atom stereocenters. The zero-order valence-electron chi connectivity index (χ0n) is 20.2. The van der Waals surface area contributed by atoms with Crippen molar-refractivity contribution in [3.8, 4) is 5.75 Å². The summed E-state index contributed by atoms with van der Waals surface area (Å²) >= 11 is 3.71. The Kier molecular flexibility index (Phi) is 11.9. The van der Waals surface area contributed by atoms with E-state index < -0.39 is 0 Å². The van der Waals surface area contributed by atoms with Gasteiger partial charge >= 0.3 is 0 Å². The molecule has 0 aromatic heterocycles. The third kappa shape index (κ3) is 7.92. The average molecular weight is 530 g/mol. The molecule has 0 bridgehead atoms. The maximum atomic E-state index is 11.8. The third-order valence-corrected chi connectivity index (χ3v) is 8.33. The Bertz CT molecular complexity index is 701. The zero-order chi connectivity index (χ0) is 22.2. The molecule has 1 amide bonds. The molecule has 0 radical (unpaired) electrons. The van der Waals surface area contributed by atoms with Gasteiger partial charge in [-0.15, -0.1) is 12.4 Å². The smallest absolute Gasteiger partial charge is 0.219 e. The van der Waals surface area contributed by atoms with Gasteiger partial charge in [0.2, 0.25) is 5.91 Å². The normalized spacial score (nSPS) is 22.2. The first-order valence-electron chi connectivity index (χ1n) is 12.3. The lowest BCUT2D eigenvalue weighted by molar-refractivity contribution is -0.131. The fraction of sp³-hybridized carbons (Fsp3) is 0.731. The predicted octanol–water partition coefficient (Wildman–Crippen LogP) is 6.34. The number of carbonyl (C=O) groups is 1. The van der Waals surface area contributed by atoms with Gasteiger partial charge in [-0.05, 0) is 120 Å². The summed E-state index contributed by atoms with van der Waals surface area (Å²) < 4.78 is 6.60. The van der Waals surface area contributed by atoms with Crippen LogP contribution < -0.4 is 4.74 Å². The second-order valence-corrected chi connectivity index (χ2v) is 10.4. The van der Waals surface area contributed by atoms with E-state index in [1.165, 1.54) is 81.0 Å². The highest BCUT2D eigenvalue weighted by atomic mass is 79.9. The molecule has 1 aromatic carbocycles. The number of likely N-dealkylation sites (tertiary alicyclic amines) is 1. The molecule has 1 aliphatic heterocycles. The number of benzene rings is 1. The Hall–Kier alpha value is -0.780. The van der Waals surface area contributed by atoms with Crippen LogP contribution in [-0.4, -0.2) is 55.0 Å². The molecular weight excluding hydrogens is 488 g/mol. The molecule has 1 saturated heterocycles. The Morgan fingerprint density at radius 3 is 2.41 bits per heavy atom. The van der Waals surface area contributed by atoms with E-state index in [-0.39, 0.29) is 18.3 Å². The second-order valence-electron chi connectivity index (χ2n) is 9.57. The maximum absolute atomic E-state index is 11.8. The van der Waals surface area contributed by atoms with Crippen LogP contribution in [0.1, 0.15) is 70.8 Å². The van der Waals surface area contributed by atoms with Crippen LogP contribution in [0.25, 0.3) is 0 Å². The number of ether oxygens (including phenoxy) is 1. The molecular formula is C26H42BrClN2O2. The molecule has 0 unspecified atom stereocenters. The van der Waals surface area contributed by atoms with E-state index >= 15 is 0 Å². The van der Waals surface area contributed by atoms with Crippen molar-refractivity contribution in [1.82, 2.24) is 9.80 Å². The van der Waals surface area contributed by atoms with Crippen molar-refractivity contribution in [3.63, 3.8) is 0 Å². The molecule has 32 heavy (non-hydrogen) atoms. The number of halogens is 2. The molecule has 2 fully saturated rings. The molecule has 0 N–H and O–H groups in total. The van der Waals surface area contributed by atoms with E-state index in [4.69, 9.17) is 4.74 Å². The van der Waals surface area contributed by atoms with Crippen molar-refractivity contribution in [3.05, 3.63) is 28.2 Å². The number of piperidine rings is 1. The number of rotatable bonds is 9. The van der Waals surface area contributed by atoms with Gasteiger partial charge < -0.3 is 14.5 Å². The third-order valence-electron chi connectivity index (χ3n) is 7.56. The van der Waals surface area contributed by atoms with Crippen LogP contribution in [0.5, 0.6) is 5.75 Å². The van der Waals surface area contributed by atoms with Crippen LogP contribution in [0.15, 0.2) is 22.7 Å². The summed E-state index contributed by atoms with van der Waals surface area (Å²) in [7, 11) is 1.74. The van der Waals surface area contributed by atoms with Crippen LogP contribution in [0.4, 0.5) is 0 Å². The van der Waals surface area contributed by atoms with Crippen molar-refractivity contribution in [2.75, 3.05) is 33.3 Å². The quantitative estimate of drug-likeness (QED) is 0.374. The van der Waals surface area contributed by atoms with Crippen LogP contribution in [0, 0.1) is 11.8 Å². The lowest BCUT2D eigenvalue weighted by Gasteiger charge is -2.36. The number of amides is 1. The van der Waals surface area contributed by atoms with Crippen molar-refractivity contribution >= 4 is 34.2 Å². The summed E-state index contributed by atoms with van der Waals surface area (Å²) in [6.45, 7) is 8.41. The van der Waals surface area contributed by atoms with E-state index in [0.29, 0.717) is 6.04 Å². The fourth-order valence-electron chi connectivity index (χ4n) is 5.65. The molecule has 1 heterocycles. The standard InChI is InChI=1S/C26H41BrN2O2.ClH/c1-4-29(20(2)30)24-9-7-21(8-10-24)6-5-15-28-16-13-22(14-17-28)18-23-19-25(31-3)11-12-26(23)27;/h11-12,19,21-22,24H,4-10,13-18H2,1-3H3;1H. The van der Waals surface area contributed by atoms with Crippen molar-refractivity contribution in [2.24, 2.45) is 11.8 Å². The Morgan fingerprint density at radius 1 is 1.12 bits per heavy atom. The van der Waals surface area contributed by atoms with E-state index in [2.05, 4.69) is 44.8 Å². The SMILES string of the molecule is CCN(C(C)=O)C1CCC(CCCN2CCC(Cc3cc(OC)ccc3Br)CC2)CC1.Cl. The topological polar surface area (TPSA) is 32.8 Å². The Morgan fingerprint density at radius 2 is 1.81 bits per heavy atom. The summed E-state index contributed by atoms with van der Waals surface area (Å²) in [5.41, 5.74) is 1.37. The first-order chi connectivity index (χ1) is 15.0. The number of methoxy groups -OCH3 is 1. The highest BCUT2D eigenvalue weighted by Crippen LogP contribution is 2.32. The Labute approximate surface area is 210 Å². The van der Waals surface area contributed by atoms with Gasteiger partial charge in [0, 0.05) is 24.0 Å². The monoisotopic (exact) mass is 528 g/mol. The van der Waals surface area contributed by atoms with Gasteiger partial charge in [0.25, 0.3) is 0 Å². The van der Waals surface area contributed by atoms with Gasteiger partial charge in [0.05, 0.1) is 7.11 Å². The zero-order valence-corrected chi connectivity index (χ0v) is 22.6. The lowest BCUT2D eigenvalue weighted by atomic mass is 9.82. The maximum Gasteiger partial charge on any atom is 0.219 e. The van der Waals surface area contributed by atoms with Gasteiger partial charge in [-0.3, -0.25) is 4.79 Å². The van der Waals surface area contributed by atoms with Crippen LogP contribution in [-0.2, 0) is 11.2 Å². The number of hydrogen-bond acceptors (Lipinski definition) is 3. The molecule has 1 aromatic rings. The minimum atomic E-state index is 0. The molecule has 1 saturated carbocycles. The summed E-state index contributed by atoms with van der Waals surface area (Å²) in [5, 5.41) is 0. The molecule has 3 rings (SSSR count). The lowest BCUT2D eigenvalue weighted by Crippen LogP contribution is -2.41. The highest BCUT2D eigenvalue weighted by Gasteiger charge is 2.26. The summed E-state index contributed by atoms with van der Waals surface area (Å²) in [4.78, 5) is 16.5. The van der Waals surface area contributed by atoms with E-state index in [9.17, 15) is 4.79 Å². The van der Waals surface area contributed by atoms with E-state index in [0.717, 1.165) is 30.6 Å². The van der Waals surface area contributed by atoms with Crippen LogP contribution in [0.3, 0.4) is 0 Å². The minimum Gasteiger partial charge on any atom is -0.497 e. The van der Waals surface area contributed by atoms with Gasteiger partial charge in [-0.1, -0.05) is 15.9 Å². The number of carbonyl (C=O) groups excluding carboxylic acids is 1. The second kappa shape index (κ2) is 13.8. The van der Waals surface area contributed by atoms with Crippen molar-refractivity contribution in [2.45, 2.75) is 77.7 Å². The molecule has 0 spiro atoms. The van der Waals surface area contributed by atoms with Gasteiger partial charge in [-0.2, -0.15) is 0 Å². The molecule has 1 aliphatic carbocycles. The van der Waals surface area contributed by atoms with Gasteiger partial charge in [0.1, 0.15) is 5.75 Å². The first-order valence-corrected chi connectivity index (χ1v) is 13.1. The van der Waals surface area contributed by atoms with Gasteiger partial charge in [-0.25, -0.2) is 0 Å². The first kappa shape index (κ1) is 27.5. The van der Waals surface area contributed by atoms with Crippen molar-refractivity contribution < 1.29 is 9.53 Å². The summed E-state index contributed by atoms with van der Waals surface area (Å²) in [5.74, 6) is 2.84. The molecule has 4 nitrogen and oxygen atoms in total. The van der Waals surface area contributed by atoms with E-state index in [1.807, 2.05) is 6.07 Å².